The molecule has 0 fully saturated rings. The van der Waals surface area contributed by atoms with Gasteiger partial charge in [0.1, 0.15) is 6.10 Å². The van der Waals surface area contributed by atoms with E-state index in [1.807, 2.05) is 24.3 Å². The standard InChI is InChI=1S/C15H15NO/c16-13-7-5-12(6-8-13)15-14-4-2-1-3-11(14)9-10-17-15/h1-8,15H,9-10,16H2/t15-/m0/s1. The normalized spacial score (nSPS) is 18.7. The minimum absolute atomic E-state index is 0.0561. The van der Waals surface area contributed by atoms with Crippen LogP contribution >= 0.6 is 0 Å². The van der Waals surface area contributed by atoms with Crippen molar-refractivity contribution < 1.29 is 4.74 Å². The molecule has 0 aromatic heterocycles. The van der Waals surface area contributed by atoms with Crippen molar-refractivity contribution in [1.82, 2.24) is 0 Å². The molecule has 0 amide bonds. The third-order valence-electron chi connectivity index (χ3n) is 3.23. The number of ether oxygens (including phenoxy) is 1. The molecule has 0 saturated carbocycles. The van der Waals surface area contributed by atoms with Gasteiger partial charge in [0.05, 0.1) is 6.61 Å². The van der Waals surface area contributed by atoms with E-state index < -0.39 is 0 Å². The number of benzene rings is 2. The smallest absolute Gasteiger partial charge is 0.108 e. The number of hydrogen-bond acceptors (Lipinski definition) is 2. The summed E-state index contributed by atoms with van der Waals surface area (Å²) in [5, 5.41) is 0. The second-order valence-electron chi connectivity index (χ2n) is 4.37. The number of rotatable bonds is 1. The van der Waals surface area contributed by atoms with Crippen LogP contribution in [0.25, 0.3) is 0 Å². The summed E-state index contributed by atoms with van der Waals surface area (Å²) >= 11 is 0. The third-order valence-corrected chi connectivity index (χ3v) is 3.23. The molecule has 0 unspecified atom stereocenters. The Hall–Kier alpha value is -1.80. The summed E-state index contributed by atoms with van der Waals surface area (Å²) in [7, 11) is 0. The molecule has 1 heterocycles. The summed E-state index contributed by atoms with van der Waals surface area (Å²) in [6.45, 7) is 0.784. The number of nitrogen functional groups attached to an aromatic ring is 1. The first-order chi connectivity index (χ1) is 8.34. The number of fused-ring (bicyclic) bond motifs is 1. The van der Waals surface area contributed by atoms with E-state index in [0.29, 0.717) is 0 Å². The van der Waals surface area contributed by atoms with Crippen molar-refractivity contribution in [3.05, 3.63) is 65.2 Å². The SMILES string of the molecule is Nc1ccc([C@@H]2OCCc3ccccc32)cc1. The molecule has 2 N–H and O–H groups in total. The molecule has 2 heteroatoms. The van der Waals surface area contributed by atoms with Gasteiger partial charge >= 0.3 is 0 Å². The molecule has 0 saturated heterocycles. The van der Waals surface area contributed by atoms with Crippen molar-refractivity contribution in [3.63, 3.8) is 0 Å². The van der Waals surface area contributed by atoms with Crippen LogP contribution < -0.4 is 5.73 Å². The minimum atomic E-state index is 0.0561. The van der Waals surface area contributed by atoms with Gasteiger partial charge in [-0.15, -0.1) is 0 Å². The third kappa shape index (κ3) is 1.92. The van der Waals surface area contributed by atoms with Crippen molar-refractivity contribution in [2.45, 2.75) is 12.5 Å². The first-order valence-electron chi connectivity index (χ1n) is 5.89. The van der Waals surface area contributed by atoms with E-state index in [-0.39, 0.29) is 6.10 Å². The summed E-state index contributed by atoms with van der Waals surface area (Å²) in [6.07, 6.45) is 1.06. The van der Waals surface area contributed by atoms with Gasteiger partial charge in [0.2, 0.25) is 0 Å². The van der Waals surface area contributed by atoms with Crippen molar-refractivity contribution in [1.29, 1.82) is 0 Å². The van der Waals surface area contributed by atoms with E-state index in [9.17, 15) is 0 Å². The Morgan fingerprint density at radius 1 is 1.00 bits per heavy atom. The molecule has 3 rings (SSSR count). The Balaban J connectivity index is 2.03. The van der Waals surface area contributed by atoms with E-state index in [4.69, 9.17) is 10.5 Å². The zero-order chi connectivity index (χ0) is 11.7. The summed E-state index contributed by atoms with van der Waals surface area (Å²) in [4.78, 5) is 0. The molecule has 0 spiro atoms. The second kappa shape index (κ2) is 4.22. The fourth-order valence-corrected chi connectivity index (χ4v) is 2.34. The molecule has 1 atom stereocenters. The average molecular weight is 225 g/mol. The monoisotopic (exact) mass is 225 g/mol. The Bertz CT molecular complexity index is 519. The van der Waals surface area contributed by atoms with Gasteiger partial charge in [-0.3, -0.25) is 0 Å². The predicted molar refractivity (Wildman–Crippen MR) is 68.8 cm³/mol. The van der Waals surface area contributed by atoms with E-state index in [0.717, 1.165) is 18.7 Å². The van der Waals surface area contributed by atoms with Crippen LogP contribution in [0.4, 0.5) is 5.69 Å². The molecule has 2 aromatic rings. The van der Waals surface area contributed by atoms with E-state index >= 15 is 0 Å². The molecule has 0 bridgehead atoms. The topological polar surface area (TPSA) is 35.2 Å². The Morgan fingerprint density at radius 3 is 2.59 bits per heavy atom. The largest absolute Gasteiger partial charge is 0.399 e. The maximum Gasteiger partial charge on any atom is 0.108 e. The minimum Gasteiger partial charge on any atom is -0.399 e. The lowest BCUT2D eigenvalue weighted by Gasteiger charge is -2.26. The van der Waals surface area contributed by atoms with Gasteiger partial charge in [0, 0.05) is 5.69 Å². The Morgan fingerprint density at radius 2 is 1.76 bits per heavy atom. The lowest BCUT2D eigenvalue weighted by molar-refractivity contribution is 0.0698. The van der Waals surface area contributed by atoms with Gasteiger partial charge in [-0.1, -0.05) is 36.4 Å². The fourth-order valence-electron chi connectivity index (χ4n) is 2.34. The number of hydrogen-bond donors (Lipinski definition) is 1. The van der Waals surface area contributed by atoms with Crippen molar-refractivity contribution in [3.8, 4) is 0 Å². The van der Waals surface area contributed by atoms with Crippen molar-refractivity contribution in [2.24, 2.45) is 0 Å². The van der Waals surface area contributed by atoms with E-state index in [1.165, 1.54) is 16.7 Å². The van der Waals surface area contributed by atoms with Crippen molar-refractivity contribution >= 4 is 5.69 Å². The van der Waals surface area contributed by atoms with Crippen LogP contribution in [0.15, 0.2) is 48.5 Å². The quantitative estimate of drug-likeness (QED) is 0.757. The lowest BCUT2D eigenvalue weighted by atomic mass is 9.93. The molecule has 1 aliphatic heterocycles. The van der Waals surface area contributed by atoms with Gasteiger partial charge in [-0.2, -0.15) is 0 Å². The first-order valence-corrected chi connectivity index (χ1v) is 5.89. The van der Waals surface area contributed by atoms with Crippen LogP contribution in [0.1, 0.15) is 22.8 Å². The highest BCUT2D eigenvalue weighted by atomic mass is 16.5. The van der Waals surface area contributed by atoms with E-state index in [1.54, 1.807) is 0 Å². The number of anilines is 1. The molecule has 86 valence electrons. The maximum atomic E-state index is 5.89. The molecule has 0 radical (unpaired) electrons. The highest BCUT2D eigenvalue weighted by Crippen LogP contribution is 2.32. The lowest BCUT2D eigenvalue weighted by Crippen LogP contribution is -2.17. The summed E-state index contributed by atoms with van der Waals surface area (Å²) in [5.74, 6) is 0. The average Bonchev–Trinajstić information content (AvgIpc) is 2.39. The van der Waals surface area contributed by atoms with Gasteiger partial charge in [0.15, 0.2) is 0 Å². The molecule has 2 nitrogen and oxygen atoms in total. The first kappa shape index (κ1) is 10.4. The Kier molecular flexibility index (Phi) is 2.57. The molecular weight excluding hydrogens is 210 g/mol. The Labute approximate surface area is 101 Å². The van der Waals surface area contributed by atoms with Gasteiger partial charge in [-0.25, -0.2) is 0 Å². The zero-order valence-corrected chi connectivity index (χ0v) is 9.60. The molecule has 17 heavy (non-hydrogen) atoms. The summed E-state index contributed by atoms with van der Waals surface area (Å²) in [5.41, 5.74) is 10.3. The van der Waals surface area contributed by atoms with E-state index in [2.05, 4.69) is 24.3 Å². The highest BCUT2D eigenvalue weighted by molar-refractivity contribution is 5.43. The molecule has 0 aliphatic carbocycles. The fraction of sp³-hybridized carbons (Fsp3) is 0.200. The van der Waals surface area contributed by atoms with Crippen LogP contribution in [0.3, 0.4) is 0 Å². The maximum absolute atomic E-state index is 5.89. The highest BCUT2D eigenvalue weighted by Gasteiger charge is 2.21. The van der Waals surface area contributed by atoms with Crippen LogP contribution in [0, 0.1) is 0 Å². The second-order valence-corrected chi connectivity index (χ2v) is 4.37. The van der Waals surface area contributed by atoms with Gasteiger partial charge < -0.3 is 10.5 Å². The predicted octanol–water partition coefficient (Wildman–Crippen LogP) is 2.93. The van der Waals surface area contributed by atoms with Crippen LogP contribution in [-0.4, -0.2) is 6.61 Å². The zero-order valence-electron chi connectivity index (χ0n) is 9.60. The molecule has 2 aromatic carbocycles. The van der Waals surface area contributed by atoms with Crippen LogP contribution in [0.5, 0.6) is 0 Å². The van der Waals surface area contributed by atoms with Crippen LogP contribution in [0.2, 0.25) is 0 Å². The molecule has 1 aliphatic rings. The summed E-state index contributed by atoms with van der Waals surface area (Å²) < 4.78 is 5.89. The van der Waals surface area contributed by atoms with Gasteiger partial charge in [0.25, 0.3) is 0 Å². The van der Waals surface area contributed by atoms with Gasteiger partial charge in [-0.05, 0) is 35.2 Å². The van der Waals surface area contributed by atoms with Crippen molar-refractivity contribution in [2.75, 3.05) is 12.3 Å². The summed E-state index contributed by atoms with van der Waals surface area (Å²) in [6, 6.07) is 16.4. The van der Waals surface area contributed by atoms with Crippen LogP contribution in [-0.2, 0) is 11.2 Å². The number of nitrogens with two attached hydrogens (primary N) is 1. The molecular formula is C15H15NO.